The summed E-state index contributed by atoms with van der Waals surface area (Å²) in [6.45, 7) is -3.08. The summed E-state index contributed by atoms with van der Waals surface area (Å²) in [6, 6.07) is 0. The van der Waals surface area contributed by atoms with Crippen molar-refractivity contribution in [3.63, 3.8) is 0 Å². The Bertz CT molecular complexity index is 1320. The first kappa shape index (κ1) is 27.9. The third-order valence-corrected chi connectivity index (χ3v) is 4.81. The highest BCUT2D eigenvalue weighted by Crippen LogP contribution is 1.85. The van der Waals surface area contributed by atoms with Gasteiger partial charge in [-0.25, -0.2) is 56.2 Å². The molecule has 17 nitrogen and oxygen atoms in total. The van der Waals surface area contributed by atoms with Crippen molar-refractivity contribution < 1.29 is 24.1 Å². The van der Waals surface area contributed by atoms with Gasteiger partial charge in [0.2, 0.25) is 0 Å². The number of aromatic nitrogens is 6. The van der Waals surface area contributed by atoms with Crippen molar-refractivity contribution in [1.82, 2.24) is 27.4 Å². The van der Waals surface area contributed by atoms with Crippen molar-refractivity contribution in [1.29, 1.82) is 0 Å². The van der Waals surface area contributed by atoms with Crippen LogP contribution in [0, 0.1) is 0 Å². The molecule has 196 valence electrons. The van der Waals surface area contributed by atoms with E-state index < -0.39 is 60.9 Å². The fourth-order valence-electron chi connectivity index (χ4n) is 3.12. The maximum Gasteiger partial charge on any atom is 0.340 e. The summed E-state index contributed by atoms with van der Waals surface area (Å²) in [7, 11) is 3.89. The molecule has 0 spiro atoms. The summed E-state index contributed by atoms with van der Waals surface area (Å²) < 4.78 is 24.0. The largest absolute Gasteiger partial charge is 0.395 e. The van der Waals surface area contributed by atoms with Gasteiger partial charge in [-0.3, -0.25) is 0 Å². The number of aliphatic hydroxyl groups excluding tert-OH is 1. The van der Waals surface area contributed by atoms with Gasteiger partial charge in [0, 0.05) is 21.3 Å². The van der Waals surface area contributed by atoms with Crippen LogP contribution in [0.15, 0.2) is 28.8 Å². The standard InChI is InChI=1S/C18H28N6O11/c1-32-8-5-20-13(26)19(4-7-25)14(27)21(15(20)28)6-9-35-12-24-17(30)22(10-33-2)16(29)23(11-34-3)18(24)31/h25H,4-12H2,1-3H3. The van der Waals surface area contributed by atoms with Crippen molar-refractivity contribution >= 4 is 0 Å². The second kappa shape index (κ2) is 12.9. The fourth-order valence-corrected chi connectivity index (χ4v) is 3.12. The van der Waals surface area contributed by atoms with E-state index in [-0.39, 0.29) is 32.8 Å². The Labute approximate surface area is 196 Å². The third-order valence-electron chi connectivity index (χ3n) is 4.81. The maximum absolute atomic E-state index is 12.7. The van der Waals surface area contributed by atoms with Crippen LogP contribution < -0.4 is 34.1 Å². The first-order chi connectivity index (χ1) is 16.7. The Balaban J connectivity index is 2.34. The van der Waals surface area contributed by atoms with Crippen molar-refractivity contribution in [2.45, 2.75) is 39.8 Å². The number of nitrogens with zero attached hydrogens (tertiary/aromatic N) is 6. The average molecular weight is 504 g/mol. The molecule has 0 aliphatic rings. The van der Waals surface area contributed by atoms with Crippen molar-refractivity contribution in [2.24, 2.45) is 0 Å². The number of aliphatic hydroxyl groups is 1. The summed E-state index contributed by atoms with van der Waals surface area (Å²) in [5.41, 5.74) is -5.69. The van der Waals surface area contributed by atoms with Gasteiger partial charge in [0.1, 0.15) is 20.2 Å². The molecule has 2 heterocycles. The summed E-state index contributed by atoms with van der Waals surface area (Å²) in [4.78, 5) is 75.2. The van der Waals surface area contributed by atoms with Gasteiger partial charge in [-0.05, 0) is 0 Å². The second-order valence-electron chi connectivity index (χ2n) is 7.02. The summed E-state index contributed by atoms with van der Waals surface area (Å²) in [6.07, 6.45) is 0. The zero-order valence-corrected chi connectivity index (χ0v) is 19.6. The number of ether oxygens (including phenoxy) is 4. The SMILES string of the molecule is COCCn1c(=O)n(CCO)c(=O)n(CCOCn2c(=O)n(COC)c(=O)n(COC)c2=O)c1=O. The smallest absolute Gasteiger partial charge is 0.340 e. The van der Waals surface area contributed by atoms with Gasteiger partial charge in [0.15, 0.2) is 0 Å². The van der Waals surface area contributed by atoms with Crippen molar-refractivity contribution in [3.05, 3.63) is 62.9 Å². The predicted molar refractivity (Wildman–Crippen MR) is 117 cm³/mol. The van der Waals surface area contributed by atoms with Crippen molar-refractivity contribution in [3.8, 4) is 0 Å². The first-order valence-corrected chi connectivity index (χ1v) is 10.3. The van der Waals surface area contributed by atoms with Crippen LogP contribution in [0.25, 0.3) is 0 Å². The Morgan fingerprint density at radius 1 is 0.514 bits per heavy atom. The van der Waals surface area contributed by atoms with E-state index in [1.165, 1.54) is 21.3 Å². The van der Waals surface area contributed by atoms with Gasteiger partial charge in [-0.1, -0.05) is 0 Å². The molecule has 0 aromatic carbocycles. The minimum Gasteiger partial charge on any atom is -0.395 e. The van der Waals surface area contributed by atoms with Gasteiger partial charge in [-0.2, -0.15) is 0 Å². The molecule has 0 radical (unpaired) electrons. The van der Waals surface area contributed by atoms with Crippen LogP contribution in [-0.2, 0) is 58.8 Å². The molecular weight excluding hydrogens is 476 g/mol. The van der Waals surface area contributed by atoms with Gasteiger partial charge in [-0.15, -0.1) is 0 Å². The number of hydrogen-bond acceptors (Lipinski definition) is 11. The van der Waals surface area contributed by atoms with Crippen molar-refractivity contribution in [2.75, 3.05) is 41.2 Å². The number of methoxy groups -OCH3 is 3. The molecule has 0 unspecified atom stereocenters. The molecule has 35 heavy (non-hydrogen) atoms. The molecule has 0 bridgehead atoms. The number of hydrogen-bond donors (Lipinski definition) is 1. The zero-order chi connectivity index (χ0) is 26.1. The molecule has 0 amide bonds. The van der Waals surface area contributed by atoms with Crippen LogP contribution in [0.2, 0.25) is 0 Å². The van der Waals surface area contributed by atoms with Crippen LogP contribution in [0.1, 0.15) is 0 Å². The minimum atomic E-state index is -0.996. The highest BCUT2D eigenvalue weighted by Gasteiger charge is 2.17. The van der Waals surface area contributed by atoms with E-state index in [9.17, 15) is 33.9 Å². The van der Waals surface area contributed by atoms with E-state index in [0.29, 0.717) is 18.3 Å². The molecule has 0 saturated heterocycles. The lowest BCUT2D eigenvalue weighted by molar-refractivity contribution is 0.0489. The topological polar surface area (TPSA) is 189 Å². The highest BCUT2D eigenvalue weighted by atomic mass is 16.5. The van der Waals surface area contributed by atoms with E-state index in [4.69, 9.17) is 18.9 Å². The average Bonchev–Trinajstić information content (AvgIpc) is 2.83. The van der Waals surface area contributed by atoms with Crippen LogP contribution in [0.3, 0.4) is 0 Å². The molecule has 17 heteroatoms. The van der Waals surface area contributed by atoms with E-state index in [1.807, 2.05) is 0 Å². The molecule has 0 aliphatic carbocycles. The monoisotopic (exact) mass is 504 g/mol. The Kier molecular flexibility index (Phi) is 10.3. The lowest BCUT2D eigenvalue weighted by Crippen LogP contribution is -2.56. The van der Waals surface area contributed by atoms with E-state index in [1.54, 1.807) is 0 Å². The molecule has 2 aromatic rings. The van der Waals surface area contributed by atoms with Gasteiger partial charge >= 0.3 is 34.1 Å². The molecular formula is C18H28N6O11. The Morgan fingerprint density at radius 2 is 0.886 bits per heavy atom. The van der Waals surface area contributed by atoms with Crippen LogP contribution in [0.4, 0.5) is 0 Å². The van der Waals surface area contributed by atoms with Gasteiger partial charge < -0.3 is 24.1 Å². The van der Waals surface area contributed by atoms with Gasteiger partial charge in [0.05, 0.1) is 39.5 Å². The lowest BCUT2D eigenvalue weighted by Gasteiger charge is -2.14. The van der Waals surface area contributed by atoms with Crippen LogP contribution in [0.5, 0.6) is 0 Å². The Morgan fingerprint density at radius 3 is 1.29 bits per heavy atom. The highest BCUT2D eigenvalue weighted by molar-refractivity contribution is 4.80. The summed E-state index contributed by atoms with van der Waals surface area (Å²) in [5, 5.41) is 9.18. The van der Waals surface area contributed by atoms with E-state index in [2.05, 4.69) is 0 Å². The normalized spacial score (nSPS) is 11.3. The molecule has 0 aliphatic heterocycles. The molecule has 2 rings (SSSR count). The minimum absolute atomic E-state index is 0.0246. The van der Waals surface area contributed by atoms with Gasteiger partial charge in [0.25, 0.3) is 0 Å². The second-order valence-corrected chi connectivity index (χ2v) is 7.02. The molecule has 2 aromatic heterocycles. The fraction of sp³-hybridized carbons (Fsp3) is 0.667. The summed E-state index contributed by atoms with van der Waals surface area (Å²) in [5.74, 6) is 0. The lowest BCUT2D eigenvalue weighted by atomic mass is 10.6. The number of rotatable bonds is 14. The zero-order valence-electron chi connectivity index (χ0n) is 19.6. The predicted octanol–water partition coefficient (Wildman–Crippen LogP) is -4.82. The van der Waals surface area contributed by atoms with Crippen LogP contribution >= 0.6 is 0 Å². The third kappa shape index (κ3) is 6.01. The molecule has 1 N–H and O–H groups in total. The molecule has 0 fully saturated rings. The first-order valence-electron chi connectivity index (χ1n) is 10.3. The Hall–Kier alpha value is -3.38. The van der Waals surface area contributed by atoms with Crippen LogP contribution in [-0.4, -0.2) is 73.7 Å². The van der Waals surface area contributed by atoms with E-state index in [0.717, 1.165) is 9.13 Å². The maximum atomic E-state index is 12.7. The summed E-state index contributed by atoms with van der Waals surface area (Å²) >= 11 is 0. The van der Waals surface area contributed by atoms with E-state index >= 15 is 0 Å². The molecule has 0 saturated carbocycles. The quantitative estimate of drug-likeness (QED) is 0.243. The molecule has 0 atom stereocenters.